The van der Waals surface area contributed by atoms with Crippen LogP contribution in [0.2, 0.25) is 0 Å². The molecule has 4 heteroatoms. The third-order valence-electron chi connectivity index (χ3n) is 4.80. The van der Waals surface area contributed by atoms with E-state index in [4.69, 9.17) is 9.47 Å². The van der Waals surface area contributed by atoms with Crippen molar-refractivity contribution in [3.8, 4) is 11.5 Å². The molecule has 1 aromatic carbocycles. The smallest absolute Gasteiger partial charge is 0.167 e. The highest BCUT2D eigenvalue weighted by Gasteiger charge is 2.36. The van der Waals surface area contributed by atoms with Gasteiger partial charge in [0, 0.05) is 0 Å². The first-order valence-electron chi connectivity index (χ1n) is 7.75. The number of benzene rings is 1. The van der Waals surface area contributed by atoms with Crippen molar-refractivity contribution in [2.75, 3.05) is 33.9 Å². The van der Waals surface area contributed by atoms with Crippen LogP contribution in [0.25, 0.3) is 0 Å². The molecule has 0 aromatic heterocycles. The zero-order valence-corrected chi connectivity index (χ0v) is 12.6. The molecule has 110 valence electrons. The van der Waals surface area contributed by atoms with Crippen LogP contribution in [0.15, 0.2) is 12.1 Å². The number of ether oxygens (including phenoxy) is 2. The molecule has 0 saturated carbocycles. The summed E-state index contributed by atoms with van der Waals surface area (Å²) in [4.78, 5) is 1.72. The molecule has 2 aliphatic heterocycles. The first-order chi connectivity index (χ1) is 9.85. The fourth-order valence-electron chi connectivity index (χ4n) is 3.82. The van der Waals surface area contributed by atoms with Crippen molar-refractivity contribution in [3.63, 3.8) is 0 Å². The van der Waals surface area contributed by atoms with Crippen LogP contribution in [0.4, 0.5) is 0 Å². The molecule has 0 aliphatic carbocycles. The second-order valence-corrected chi connectivity index (χ2v) is 5.86. The highest BCUT2D eigenvalue weighted by molar-refractivity contribution is 5.50. The van der Waals surface area contributed by atoms with Gasteiger partial charge in [0.15, 0.2) is 6.04 Å². The summed E-state index contributed by atoms with van der Waals surface area (Å²) in [5.74, 6) is 2.05. The van der Waals surface area contributed by atoms with Crippen molar-refractivity contribution in [2.45, 2.75) is 31.8 Å². The van der Waals surface area contributed by atoms with Gasteiger partial charge in [0.05, 0.1) is 38.4 Å². The minimum Gasteiger partial charge on any atom is -0.496 e. The molecular weight excluding hydrogens is 252 g/mol. The summed E-state index contributed by atoms with van der Waals surface area (Å²) in [6.45, 7) is 4.74. The number of piperidine rings is 1. The van der Waals surface area contributed by atoms with E-state index in [1.165, 1.54) is 43.5 Å². The quantitative estimate of drug-likeness (QED) is 0.810. The number of methoxy groups -OCH3 is 2. The van der Waals surface area contributed by atoms with Crippen LogP contribution in [0, 0.1) is 0 Å². The second kappa shape index (κ2) is 6.02. The van der Waals surface area contributed by atoms with Gasteiger partial charge < -0.3 is 19.7 Å². The van der Waals surface area contributed by atoms with Crippen LogP contribution in [-0.4, -0.2) is 33.9 Å². The molecule has 0 radical (unpaired) electrons. The number of rotatable bonds is 3. The fraction of sp³-hybridized carbons (Fsp3) is 0.625. The van der Waals surface area contributed by atoms with Gasteiger partial charge in [-0.15, -0.1) is 0 Å². The highest BCUT2D eigenvalue weighted by Crippen LogP contribution is 2.34. The molecule has 2 aliphatic rings. The third kappa shape index (κ3) is 2.38. The summed E-state index contributed by atoms with van der Waals surface area (Å²) in [7, 11) is 3.54. The van der Waals surface area contributed by atoms with E-state index in [1.807, 2.05) is 6.07 Å². The Hall–Kier alpha value is -1.26. The van der Waals surface area contributed by atoms with Crippen molar-refractivity contribution >= 4 is 0 Å². The van der Waals surface area contributed by atoms with Gasteiger partial charge in [-0.25, -0.2) is 0 Å². The number of quaternary nitrogens is 2. The standard InChI is InChI=1S/C16H24N2O2/c1-19-14-6-7-15(20-2)16-12(14)10-17-11-13(16)18-8-4-3-5-9-18/h6-7,13,17H,3-5,8-11H2,1-2H3/p+2/t13-/m0/s1. The molecule has 20 heavy (non-hydrogen) atoms. The topological polar surface area (TPSA) is 39.5 Å². The van der Waals surface area contributed by atoms with Crippen LogP contribution in [-0.2, 0) is 6.54 Å². The van der Waals surface area contributed by atoms with Gasteiger partial charge in [0.2, 0.25) is 0 Å². The Bertz CT molecular complexity index is 470. The fourth-order valence-corrected chi connectivity index (χ4v) is 3.82. The van der Waals surface area contributed by atoms with E-state index in [-0.39, 0.29) is 0 Å². The predicted molar refractivity (Wildman–Crippen MR) is 77.3 cm³/mol. The Labute approximate surface area is 121 Å². The third-order valence-corrected chi connectivity index (χ3v) is 4.80. The summed E-state index contributed by atoms with van der Waals surface area (Å²) in [5.41, 5.74) is 2.73. The lowest BCUT2D eigenvalue weighted by molar-refractivity contribution is -0.952. The monoisotopic (exact) mass is 278 g/mol. The molecule has 0 unspecified atom stereocenters. The second-order valence-electron chi connectivity index (χ2n) is 5.86. The Morgan fingerprint density at radius 2 is 1.75 bits per heavy atom. The number of likely N-dealkylation sites (tertiary alicyclic amines) is 1. The predicted octanol–water partition coefficient (Wildman–Crippen LogP) is -0.109. The van der Waals surface area contributed by atoms with E-state index < -0.39 is 0 Å². The minimum atomic E-state index is 0.545. The summed E-state index contributed by atoms with van der Waals surface area (Å²) in [6, 6.07) is 4.66. The van der Waals surface area contributed by atoms with E-state index in [0.29, 0.717) is 6.04 Å². The molecular formula is C16H26N2O2+2. The lowest BCUT2D eigenvalue weighted by Crippen LogP contribution is -3.16. The first-order valence-corrected chi connectivity index (χ1v) is 7.75. The molecule has 1 atom stereocenters. The Balaban J connectivity index is 2.01. The normalized spacial score (nSPS) is 23.2. The summed E-state index contributed by atoms with van der Waals surface area (Å²) in [5, 5.41) is 2.41. The lowest BCUT2D eigenvalue weighted by Gasteiger charge is -2.34. The summed E-state index contributed by atoms with van der Waals surface area (Å²) >= 11 is 0. The van der Waals surface area contributed by atoms with Crippen LogP contribution >= 0.6 is 0 Å². The number of nitrogens with two attached hydrogens (primary N) is 1. The van der Waals surface area contributed by atoms with Gasteiger partial charge in [0.25, 0.3) is 0 Å². The Kier molecular flexibility index (Phi) is 4.13. The van der Waals surface area contributed by atoms with Gasteiger partial charge in [-0.05, 0) is 31.4 Å². The van der Waals surface area contributed by atoms with Crippen molar-refractivity contribution in [1.29, 1.82) is 0 Å². The minimum absolute atomic E-state index is 0.545. The van der Waals surface area contributed by atoms with Gasteiger partial charge in [0.1, 0.15) is 24.6 Å². The average Bonchev–Trinajstić information content (AvgIpc) is 2.54. The maximum atomic E-state index is 5.65. The largest absolute Gasteiger partial charge is 0.496 e. The molecule has 3 N–H and O–H groups in total. The number of nitrogens with one attached hydrogen (secondary N) is 1. The molecule has 0 amide bonds. The molecule has 1 aromatic rings. The lowest BCUT2D eigenvalue weighted by atomic mass is 9.92. The van der Waals surface area contributed by atoms with Crippen LogP contribution < -0.4 is 19.7 Å². The van der Waals surface area contributed by atoms with Crippen molar-refractivity contribution in [3.05, 3.63) is 23.3 Å². The molecule has 1 saturated heterocycles. The zero-order chi connectivity index (χ0) is 13.9. The highest BCUT2D eigenvalue weighted by atomic mass is 16.5. The first kappa shape index (κ1) is 13.7. The van der Waals surface area contributed by atoms with E-state index >= 15 is 0 Å². The van der Waals surface area contributed by atoms with Gasteiger partial charge in [-0.2, -0.15) is 0 Å². The Morgan fingerprint density at radius 3 is 2.45 bits per heavy atom. The van der Waals surface area contributed by atoms with Crippen LogP contribution in [0.3, 0.4) is 0 Å². The van der Waals surface area contributed by atoms with Crippen molar-refractivity contribution in [1.82, 2.24) is 0 Å². The van der Waals surface area contributed by atoms with E-state index in [2.05, 4.69) is 11.4 Å². The molecule has 3 rings (SSSR count). The number of fused-ring (bicyclic) bond motifs is 1. The molecule has 1 fully saturated rings. The maximum absolute atomic E-state index is 5.65. The van der Waals surface area contributed by atoms with Crippen LogP contribution in [0.1, 0.15) is 36.4 Å². The SMILES string of the molecule is COc1ccc(OC)c2c1C[NH2+]C[C@@H]2[NH+]1CCCCC1. The summed E-state index contributed by atoms with van der Waals surface area (Å²) in [6.07, 6.45) is 4.10. The summed E-state index contributed by atoms with van der Waals surface area (Å²) < 4.78 is 11.2. The Morgan fingerprint density at radius 1 is 1.05 bits per heavy atom. The van der Waals surface area contributed by atoms with Crippen LogP contribution in [0.5, 0.6) is 11.5 Å². The van der Waals surface area contributed by atoms with E-state index in [0.717, 1.165) is 24.6 Å². The van der Waals surface area contributed by atoms with Gasteiger partial charge >= 0.3 is 0 Å². The molecule has 2 heterocycles. The van der Waals surface area contributed by atoms with E-state index in [9.17, 15) is 0 Å². The van der Waals surface area contributed by atoms with Crippen molar-refractivity contribution < 1.29 is 19.7 Å². The van der Waals surface area contributed by atoms with Gasteiger partial charge in [-0.3, -0.25) is 0 Å². The molecule has 0 bridgehead atoms. The maximum Gasteiger partial charge on any atom is 0.167 e. The molecule has 0 spiro atoms. The van der Waals surface area contributed by atoms with Gasteiger partial charge in [-0.1, -0.05) is 0 Å². The van der Waals surface area contributed by atoms with Crippen molar-refractivity contribution in [2.24, 2.45) is 0 Å². The van der Waals surface area contributed by atoms with E-state index in [1.54, 1.807) is 19.1 Å². The number of hydrogen-bond acceptors (Lipinski definition) is 2. The number of hydrogen-bond donors (Lipinski definition) is 2. The molecule has 4 nitrogen and oxygen atoms in total. The zero-order valence-electron chi connectivity index (χ0n) is 12.6. The average molecular weight is 278 g/mol.